The highest BCUT2D eigenvalue weighted by Gasteiger charge is 1.68. The van der Waals surface area contributed by atoms with E-state index in [0.717, 1.165) is 6.41 Å². The van der Waals surface area contributed by atoms with Crippen LogP contribution in [0.4, 0.5) is 0 Å². The molecule has 3 nitrogen and oxygen atoms in total. The molecule has 0 bridgehead atoms. The second kappa shape index (κ2) is 9.85. The predicted octanol–water partition coefficient (Wildman–Crippen LogP) is 0.400. The molecule has 0 fully saturated rings. The molecular weight excluding hydrogens is 116 g/mol. The molecule has 0 aromatic carbocycles. The van der Waals surface area contributed by atoms with Gasteiger partial charge in [-0.3, -0.25) is 4.79 Å². The van der Waals surface area contributed by atoms with Crippen LogP contribution < -0.4 is 0 Å². The highest BCUT2D eigenvalue weighted by atomic mass is 16.1. The molecule has 0 aliphatic rings. The SMILES string of the molecule is C=CC#N.CN(C)C=O. The van der Waals surface area contributed by atoms with Gasteiger partial charge in [0, 0.05) is 20.2 Å². The minimum absolute atomic E-state index is 0.750. The lowest BCUT2D eigenvalue weighted by Gasteiger charge is -1.93. The van der Waals surface area contributed by atoms with E-state index in [4.69, 9.17) is 5.26 Å². The normalized spacial score (nSPS) is 5.44. The molecule has 0 aromatic heterocycles. The van der Waals surface area contributed by atoms with Crippen molar-refractivity contribution >= 4 is 6.41 Å². The Bertz CT molecular complexity index is 113. The summed E-state index contributed by atoms with van der Waals surface area (Å²) in [6.45, 7) is 3.12. The predicted molar refractivity (Wildman–Crippen MR) is 35.6 cm³/mol. The van der Waals surface area contributed by atoms with Crippen molar-refractivity contribution < 1.29 is 4.79 Å². The van der Waals surface area contributed by atoms with E-state index in [2.05, 4.69) is 6.58 Å². The summed E-state index contributed by atoms with van der Waals surface area (Å²) < 4.78 is 0. The Balaban J connectivity index is 0. The molecule has 0 atom stereocenters. The van der Waals surface area contributed by atoms with E-state index in [-0.39, 0.29) is 0 Å². The van der Waals surface area contributed by atoms with Crippen molar-refractivity contribution in [1.29, 1.82) is 5.26 Å². The van der Waals surface area contributed by atoms with Crippen LogP contribution in [0.2, 0.25) is 0 Å². The number of hydrogen-bond acceptors (Lipinski definition) is 2. The molecule has 9 heavy (non-hydrogen) atoms. The van der Waals surface area contributed by atoms with E-state index < -0.39 is 0 Å². The van der Waals surface area contributed by atoms with Crippen molar-refractivity contribution in [3.63, 3.8) is 0 Å². The first-order valence-electron chi connectivity index (χ1n) is 2.31. The number of hydrogen-bond donors (Lipinski definition) is 0. The minimum atomic E-state index is 0.750. The van der Waals surface area contributed by atoms with Crippen molar-refractivity contribution in [1.82, 2.24) is 4.90 Å². The fourth-order valence-electron chi connectivity index (χ4n) is 0. The Morgan fingerprint density at radius 3 is 1.89 bits per heavy atom. The largest absolute Gasteiger partial charge is 0.351 e. The molecule has 0 rings (SSSR count). The first-order chi connectivity index (χ1) is 4.18. The molecule has 3 heteroatoms. The molecule has 0 heterocycles. The van der Waals surface area contributed by atoms with Gasteiger partial charge in [0.2, 0.25) is 6.41 Å². The van der Waals surface area contributed by atoms with E-state index in [1.165, 1.54) is 11.0 Å². The van der Waals surface area contributed by atoms with Crippen LogP contribution >= 0.6 is 0 Å². The van der Waals surface area contributed by atoms with Crippen LogP contribution in [0.1, 0.15) is 0 Å². The standard InChI is InChI=1S/C3H7NO.C3H3N/c1-4(2)3-5;1-2-3-4/h3H,1-2H3;2H,1H2. The van der Waals surface area contributed by atoms with E-state index in [1.807, 2.05) is 0 Å². The van der Waals surface area contributed by atoms with Crippen molar-refractivity contribution in [2.45, 2.75) is 0 Å². The Labute approximate surface area is 55.2 Å². The van der Waals surface area contributed by atoms with Crippen LogP contribution in [0.3, 0.4) is 0 Å². The Hall–Kier alpha value is -1.30. The van der Waals surface area contributed by atoms with E-state index in [0.29, 0.717) is 0 Å². The molecule has 0 spiro atoms. The highest BCUT2D eigenvalue weighted by Crippen LogP contribution is 1.52. The summed E-state index contributed by atoms with van der Waals surface area (Å²) in [6, 6.07) is 1.69. The number of rotatable bonds is 1. The summed E-state index contributed by atoms with van der Waals surface area (Å²) in [5, 5.41) is 7.51. The van der Waals surface area contributed by atoms with Gasteiger partial charge in [0.15, 0.2) is 0 Å². The molecule has 0 aromatic rings. The topological polar surface area (TPSA) is 44.1 Å². The van der Waals surface area contributed by atoms with Crippen LogP contribution in [0.5, 0.6) is 0 Å². The average molecular weight is 126 g/mol. The Morgan fingerprint density at radius 2 is 1.89 bits per heavy atom. The lowest BCUT2D eigenvalue weighted by atomic mass is 10.8. The molecule has 0 saturated carbocycles. The monoisotopic (exact) mass is 126 g/mol. The zero-order valence-corrected chi connectivity index (χ0v) is 5.66. The molecule has 0 radical (unpaired) electrons. The molecule has 0 aliphatic carbocycles. The Morgan fingerprint density at radius 1 is 1.67 bits per heavy atom. The van der Waals surface area contributed by atoms with Gasteiger partial charge < -0.3 is 4.90 Å². The smallest absolute Gasteiger partial charge is 0.209 e. The minimum Gasteiger partial charge on any atom is -0.351 e. The summed E-state index contributed by atoms with van der Waals surface area (Å²) in [5.74, 6) is 0. The zero-order valence-electron chi connectivity index (χ0n) is 5.66. The second-order valence-corrected chi connectivity index (χ2v) is 1.40. The fraction of sp³-hybridized carbons (Fsp3) is 0.333. The third-order valence-electron chi connectivity index (χ3n) is 0.302. The van der Waals surface area contributed by atoms with Crippen LogP contribution in [-0.2, 0) is 4.79 Å². The maximum Gasteiger partial charge on any atom is 0.209 e. The lowest BCUT2D eigenvalue weighted by Crippen LogP contribution is -2.06. The lowest BCUT2D eigenvalue weighted by molar-refractivity contribution is -0.115. The van der Waals surface area contributed by atoms with Crippen molar-refractivity contribution in [2.24, 2.45) is 0 Å². The summed E-state index contributed by atoms with van der Waals surface area (Å²) in [4.78, 5) is 10.9. The van der Waals surface area contributed by atoms with Crippen molar-refractivity contribution in [3.05, 3.63) is 12.7 Å². The average Bonchev–Trinajstić information content (AvgIpc) is 1.89. The highest BCUT2D eigenvalue weighted by molar-refractivity contribution is 5.45. The van der Waals surface area contributed by atoms with E-state index in [9.17, 15) is 4.79 Å². The number of carbonyl (C=O) groups excluding carboxylic acids is 1. The molecule has 0 unspecified atom stereocenters. The van der Waals surface area contributed by atoms with Crippen LogP contribution in [-0.4, -0.2) is 25.4 Å². The van der Waals surface area contributed by atoms with Gasteiger partial charge in [-0.15, -0.1) is 0 Å². The van der Waals surface area contributed by atoms with Crippen LogP contribution in [0.25, 0.3) is 0 Å². The fourth-order valence-corrected chi connectivity index (χ4v) is 0. The summed E-state index contributed by atoms with van der Waals surface area (Å²) >= 11 is 0. The summed E-state index contributed by atoms with van der Waals surface area (Å²) in [7, 11) is 3.38. The molecule has 1 amide bonds. The molecule has 0 saturated heterocycles. The molecule has 0 N–H and O–H groups in total. The third-order valence-corrected chi connectivity index (χ3v) is 0.302. The number of nitriles is 1. The van der Waals surface area contributed by atoms with Gasteiger partial charge in [0.05, 0.1) is 6.07 Å². The maximum atomic E-state index is 9.43. The first kappa shape index (κ1) is 10.6. The van der Waals surface area contributed by atoms with Gasteiger partial charge in [0.1, 0.15) is 0 Å². The third kappa shape index (κ3) is 51.2. The molecule has 50 valence electrons. The van der Waals surface area contributed by atoms with Crippen LogP contribution in [0.15, 0.2) is 12.7 Å². The second-order valence-electron chi connectivity index (χ2n) is 1.40. The first-order valence-corrected chi connectivity index (χ1v) is 2.31. The van der Waals surface area contributed by atoms with Gasteiger partial charge in [0.25, 0.3) is 0 Å². The van der Waals surface area contributed by atoms with Gasteiger partial charge in [-0.2, -0.15) is 5.26 Å². The quantitative estimate of drug-likeness (QED) is 0.377. The van der Waals surface area contributed by atoms with Gasteiger partial charge in [-0.05, 0) is 0 Å². The number of carbonyl (C=O) groups is 1. The number of allylic oxidation sites excluding steroid dienone is 1. The van der Waals surface area contributed by atoms with Crippen molar-refractivity contribution in [3.8, 4) is 6.07 Å². The van der Waals surface area contributed by atoms with Gasteiger partial charge in [-0.1, -0.05) is 6.58 Å². The maximum absolute atomic E-state index is 9.43. The number of nitrogens with zero attached hydrogens (tertiary/aromatic N) is 2. The van der Waals surface area contributed by atoms with Crippen molar-refractivity contribution in [2.75, 3.05) is 14.1 Å². The van der Waals surface area contributed by atoms with E-state index in [1.54, 1.807) is 20.2 Å². The van der Waals surface area contributed by atoms with Gasteiger partial charge in [-0.25, -0.2) is 0 Å². The summed E-state index contributed by atoms with van der Waals surface area (Å²) in [5.41, 5.74) is 0. The number of amides is 1. The molecule has 0 aliphatic heterocycles. The summed E-state index contributed by atoms with van der Waals surface area (Å²) in [6.07, 6.45) is 1.93. The zero-order chi connectivity index (χ0) is 7.70. The van der Waals surface area contributed by atoms with E-state index >= 15 is 0 Å². The van der Waals surface area contributed by atoms with Gasteiger partial charge >= 0.3 is 0 Å². The van der Waals surface area contributed by atoms with Crippen LogP contribution in [0, 0.1) is 11.3 Å². The Kier molecular flexibility index (Phi) is 11.6. The molecular formula is C6H10N2O.